The Morgan fingerprint density at radius 3 is 2.33 bits per heavy atom. The number of nitrogens with zero attached hydrogens (tertiary/aromatic N) is 1. The number of carbonyl (C=O) groups excluding carboxylic acids is 1. The lowest BCUT2D eigenvalue weighted by atomic mass is 10.0. The number of ether oxygens (including phenoxy) is 3. The Morgan fingerprint density at radius 1 is 1.12 bits per heavy atom. The van der Waals surface area contributed by atoms with Crippen LogP contribution in [0.2, 0.25) is 0 Å². The average Bonchev–Trinajstić information content (AvgIpc) is 2.88. The molecule has 0 saturated heterocycles. The summed E-state index contributed by atoms with van der Waals surface area (Å²) in [6.07, 6.45) is 0. The lowest BCUT2D eigenvalue weighted by Gasteiger charge is -2.20. The number of carboxylic acids is 1. The van der Waals surface area contributed by atoms with Crippen LogP contribution in [-0.4, -0.2) is 41.9 Å². The van der Waals surface area contributed by atoms with Gasteiger partial charge < -0.3 is 23.9 Å². The minimum Gasteiger partial charge on any atom is -0.486 e. The van der Waals surface area contributed by atoms with Crippen LogP contribution in [0.4, 0.5) is 0 Å². The highest BCUT2D eigenvalue weighted by molar-refractivity contribution is 5.99. The first-order chi connectivity index (χ1) is 11.4. The van der Waals surface area contributed by atoms with Crippen molar-refractivity contribution in [3.63, 3.8) is 0 Å². The molecule has 1 aliphatic rings. The molecular formula is C17H17NO6. The Kier molecular flexibility index (Phi) is 3.92. The second-order valence-electron chi connectivity index (χ2n) is 5.43. The Morgan fingerprint density at radius 2 is 1.75 bits per heavy atom. The lowest BCUT2D eigenvalue weighted by Crippen LogP contribution is -2.16. The zero-order valence-electron chi connectivity index (χ0n) is 13.6. The van der Waals surface area contributed by atoms with Crippen molar-refractivity contribution in [2.24, 2.45) is 7.05 Å². The van der Waals surface area contributed by atoms with Crippen LogP contribution in [0, 0.1) is 6.92 Å². The molecule has 0 aliphatic carbocycles. The largest absolute Gasteiger partial charge is 0.486 e. The minimum absolute atomic E-state index is 0.0799. The van der Waals surface area contributed by atoms with Crippen molar-refractivity contribution in [2.45, 2.75) is 6.92 Å². The molecule has 1 aliphatic heterocycles. The second-order valence-corrected chi connectivity index (χ2v) is 5.43. The molecule has 0 fully saturated rings. The van der Waals surface area contributed by atoms with Gasteiger partial charge in [0.2, 0.25) is 0 Å². The van der Waals surface area contributed by atoms with Crippen LogP contribution in [0.5, 0.6) is 11.5 Å². The fourth-order valence-electron chi connectivity index (χ4n) is 2.75. The van der Waals surface area contributed by atoms with Crippen molar-refractivity contribution in [3.8, 4) is 22.8 Å². The number of aromatic nitrogens is 1. The molecule has 1 aromatic carbocycles. The van der Waals surface area contributed by atoms with E-state index in [1.54, 1.807) is 30.7 Å². The Balaban J connectivity index is 2.22. The van der Waals surface area contributed by atoms with Crippen molar-refractivity contribution >= 4 is 11.9 Å². The molecule has 0 amide bonds. The molecule has 0 bridgehead atoms. The first-order valence-corrected chi connectivity index (χ1v) is 7.36. The van der Waals surface area contributed by atoms with E-state index < -0.39 is 11.9 Å². The van der Waals surface area contributed by atoms with Gasteiger partial charge in [-0.2, -0.15) is 0 Å². The maximum Gasteiger partial charge on any atom is 0.339 e. The molecular weight excluding hydrogens is 314 g/mol. The van der Waals surface area contributed by atoms with E-state index in [1.165, 1.54) is 13.2 Å². The molecule has 0 atom stereocenters. The number of hydrogen-bond donors (Lipinski definition) is 1. The topological polar surface area (TPSA) is 87.0 Å². The summed E-state index contributed by atoms with van der Waals surface area (Å²) in [4.78, 5) is 23.6. The number of methoxy groups -OCH3 is 1. The van der Waals surface area contributed by atoms with Crippen LogP contribution in [0.15, 0.2) is 18.2 Å². The van der Waals surface area contributed by atoms with Gasteiger partial charge in [0.15, 0.2) is 11.5 Å². The number of rotatable bonds is 3. The quantitative estimate of drug-likeness (QED) is 0.868. The van der Waals surface area contributed by atoms with Crippen molar-refractivity contribution < 1.29 is 28.9 Å². The van der Waals surface area contributed by atoms with Gasteiger partial charge in [-0.3, -0.25) is 0 Å². The van der Waals surface area contributed by atoms with Crippen molar-refractivity contribution in [2.75, 3.05) is 20.3 Å². The van der Waals surface area contributed by atoms with E-state index in [0.717, 1.165) is 0 Å². The highest BCUT2D eigenvalue weighted by Crippen LogP contribution is 2.38. The molecule has 7 heteroatoms. The van der Waals surface area contributed by atoms with E-state index >= 15 is 0 Å². The molecule has 2 aromatic rings. The molecule has 3 rings (SSSR count). The Bertz CT molecular complexity index is 836. The summed E-state index contributed by atoms with van der Waals surface area (Å²) in [5.74, 6) is -0.662. The molecule has 0 spiro atoms. The molecule has 2 heterocycles. The van der Waals surface area contributed by atoms with Crippen LogP contribution in [0.25, 0.3) is 11.3 Å². The summed E-state index contributed by atoms with van der Waals surface area (Å²) in [6.45, 7) is 2.55. The third-order valence-corrected chi connectivity index (χ3v) is 4.13. The highest BCUT2D eigenvalue weighted by atomic mass is 16.6. The van der Waals surface area contributed by atoms with E-state index in [-0.39, 0.29) is 5.56 Å². The number of benzene rings is 1. The van der Waals surface area contributed by atoms with Crippen molar-refractivity contribution in [3.05, 3.63) is 35.0 Å². The van der Waals surface area contributed by atoms with Gasteiger partial charge in [-0.05, 0) is 25.1 Å². The maximum absolute atomic E-state index is 11.9. The summed E-state index contributed by atoms with van der Waals surface area (Å²) >= 11 is 0. The average molecular weight is 331 g/mol. The smallest absolute Gasteiger partial charge is 0.339 e. The second kappa shape index (κ2) is 5.92. The zero-order chi connectivity index (χ0) is 17.4. The molecule has 24 heavy (non-hydrogen) atoms. The number of carbonyl (C=O) groups is 2. The number of aromatic carboxylic acids is 1. The van der Waals surface area contributed by atoms with Crippen LogP contribution in [0.3, 0.4) is 0 Å². The van der Waals surface area contributed by atoms with Crippen LogP contribution in [0.1, 0.15) is 26.4 Å². The lowest BCUT2D eigenvalue weighted by molar-refractivity contribution is 0.0599. The summed E-state index contributed by atoms with van der Waals surface area (Å²) in [6, 6.07) is 4.71. The van der Waals surface area contributed by atoms with E-state index in [0.29, 0.717) is 47.2 Å². The van der Waals surface area contributed by atoms with Gasteiger partial charge in [0.25, 0.3) is 0 Å². The van der Waals surface area contributed by atoms with Gasteiger partial charge in [0.1, 0.15) is 13.2 Å². The monoisotopic (exact) mass is 331 g/mol. The van der Waals surface area contributed by atoms with E-state index in [9.17, 15) is 14.7 Å². The number of carboxylic acid groups (broad SMARTS) is 1. The van der Waals surface area contributed by atoms with E-state index in [2.05, 4.69) is 0 Å². The van der Waals surface area contributed by atoms with Gasteiger partial charge in [0.05, 0.1) is 18.2 Å². The predicted octanol–water partition coefficient (Wildman–Crippen LogP) is 2.26. The number of esters is 1. The Labute approximate surface area is 138 Å². The van der Waals surface area contributed by atoms with Crippen LogP contribution in [-0.2, 0) is 11.8 Å². The normalized spacial score (nSPS) is 12.8. The summed E-state index contributed by atoms with van der Waals surface area (Å²) < 4.78 is 17.5. The van der Waals surface area contributed by atoms with Crippen LogP contribution < -0.4 is 9.47 Å². The van der Waals surface area contributed by atoms with E-state index in [4.69, 9.17) is 14.2 Å². The number of fused-ring (bicyclic) bond motifs is 1. The summed E-state index contributed by atoms with van der Waals surface area (Å²) in [7, 11) is 3.07. The third-order valence-electron chi connectivity index (χ3n) is 4.13. The van der Waals surface area contributed by atoms with Crippen molar-refractivity contribution in [1.82, 2.24) is 4.57 Å². The standard InChI is InChI=1S/C17H17NO6/c1-9-10(17(21)22-3)6-13(18(9)2)11-7-14-15(24-5-4-23-14)8-12(11)16(19)20/h6-8H,4-5H2,1-3H3,(H,19,20). The molecule has 126 valence electrons. The fraction of sp³-hybridized carbons (Fsp3) is 0.294. The maximum atomic E-state index is 11.9. The highest BCUT2D eigenvalue weighted by Gasteiger charge is 2.24. The molecule has 7 nitrogen and oxygen atoms in total. The van der Waals surface area contributed by atoms with Gasteiger partial charge in [-0.15, -0.1) is 0 Å². The van der Waals surface area contributed by atoms with E-state index in [1.807, 2.05) is 0 Å². The predicted molar refractivity (Wildman–Crippen MR) is 84.9 cm³/mol. The minimum atomic E-state index is -1.08. The third kappa shape index (κ3) is 2.47. The molecule has 0 saturated carbocycles. The zero-order valence-corrected chi connectivity index (χ0v) is 13.6. The Hall–Kier alpha value is -2.96. The van der Waals surface area contributed by atoms with Gasteiger partial charge >= 0.3 is 11.9 Å². The molecule has 1 aromatic heterocycles. The summed E-state index contributed by atoms with van der Waals surface area (Å²) in [5.41, 5.74) is 2.19. The first kappa shape index (κ1) is 15.9. The van der Waals surface area contributed by atoms with Crippen LogP contribution >= 0.6 is 0 Å². The molecule has 0 radical (unpaired) electrons. The van der Waals surface area contributed by atoms with Crippen molar-refractivity contribution in [1.29, 1.82) is 0 Å². The summed E-state index contributed by atoms with van der Waals surface area (Å²) in [5, 5.41) is 9.55. The fourth-order valence-corrected chi connectivity index (χ4v) is 2.75. The van der Waals surface area contributed by atoms with Gasteiger partial charge in [-0.1, -0.05) is 0 Å². The number of hydrogen-bond acceptors (Lipinski definition) is 5. The first-order valence-electron chi connectivity index (χ1n) is 7.36. The molecule has 1 N–H and O–H groups in total. The molecule has 0 unspecified atom stereocenters. The van der Waals surface area contributed by atoms with Gasteiger partial charge in [-0.25, -0.2) is 9.59 Å². The SMILES string of the molecule is COC(=O)c1cc(-c2cc3c(cc2C(=O)O)OCCO3)n(C)c1C. The van der Waals surface area contributed by atoms with Gasteiger partial charge in [0, 0.05) is 24.0 Å².